The van der Waals surface area contributed by atoms with Crippen molar-refractivity contribution >= 4 is 16.7 Å². The largest absolute Gasteiger partial charge is 0.391 e. The molecule has 5 nitrogen and oxygen atoms in total. The van der Waals surface area contributed by atoms with Crippen LogP contribution in [0.1, 0.15) is 6.42 Å². The minimum atomic E-state index is -0.263. The number of hydrogen-bond acceptors (Lipinski definition) is 5. The van der Waals surface area contributed by atoms with Crippen molar-refractivity contribution in [1.82, 2.24) is 15.0 Å². The van der Waals surface area contributed by atoms with E-state index >= 15 is 0 Å². The molecule has 1 N–H and O–H groups in total. The van der Waals surface area contributed by atoms with Gasteiger partial charge < -0.3 is 10.0 Å². The Labute approximate surface area is 128 Å². The van der Waals surface area contributed by atoms with Gasteiger partial charge in [-0.05, 0) is 24.6 Å². The first-order valence-corrected chi connectivity index (χ1v) is 7.41. The quantitative estimate of drug-likeness (QED) is 0.785. The minimum absolute atomic E-state index is 0.263. The highest BCUT2D eigenvalue weighted by Crippen LogP contribution is 2.23. The summed E-state index contributed by atoms with van der Waals surface area (Å²) >= 11 is 0. The van der Waals surface area contributed by atoms with E-state index < -0.39 is 0 Å². The molecule has 1 aromatic carbocycles. The van der Waals surface area contributed by atoms with E-state index in [-0.39, 0.29) is 6.10 Å². The van der Waals surface area contributed by atoms with Crippen LogP contribution in [0.5, 0.6) is 0 Å². The summed E-state index contributed by atoms with van der Waals surface area (Å²) in [6, 6.07) is 11.9. The van der Waals surface area contributed by atoms with Crippen LogP contribution in [0.3, 0.4) is 0 Å². The maximum absolute atomic E-state index is 9.67. The lowest BCUT2D eigenvalue weighted by molar-refractivity contribution is 0.198. The number of aliphatic hydroxyl groups is 1. The van der Waals surface area contributed by atoms with Crippen LogP contribution in [0.15, 0.2) is 48.8 Å². The van der Waals surface area contributed by atoms with Gasteiger partial charge in [-0.25, -0.2) is 9.97 Å². The van der Waals surface area contributed by atoms with Crippen molar-refractivity contribution in [3.05, 3.63) is 48.8 Å². The van der Waals surface area contributed by atoms with Gasteiger partial charge in [0.15, 0.2) is 5.82 Å². The van der Waals surface area contributed by atoms with Crippen molar-refractivity contribution in [2.24, 2.45) is 0 Å². The summed E-state index contributed by atoms with van der Waals surface area (Å²) in [4.78, 5) is 15.5. The molecule has 1 atom stereocenters. The second-order valence-corrected chi connectivity index (χ2v) is 5.54. The van der Waals surface area contributed by atoms with E-state index in [1.165, 1.54) is 0 Å². The molecule has 0 aliphatic carbocycles. The lowest BCUT2D eigenvalue weighted by atomic mass is 10.1. The first-order valence-electron chi connectivity index (χ1n) is 7.41. The number of fused-ring (bicyclic) bond motifs is 1. The van der Waals surface area contributed by atoms with Crippen LogP contribution in [0.4, 0.5) is 5.82 Å². The summed E-state index contributed by atoms with van der Waals surface area (Å²) in [6.07, 6.45) is 4.09. The summed E-state index contributed by atoms with van der Waals surface area (Å²) in [7, 11) is 0. The van der Waals surface area contributed by atoms with E-state index in [2.05, 4.69) is 25.9 Å². The molecule has 0 spiro atoms. The van der Waals surface area contributed by atoms with E-state index in [0.717, 1.165) is 35.2 Å². The molecule has 1 saturated heterocycles. The van der Waals surface area contributed by atoms with Gasteiger partial charge in [0.05, 0.1) is 11.6 Å². The highest BCUT2D eigenvalue weighted by molar-refractivity contribution is 5.82. The molecular weight excluding hydrogens is 276 g/mol. The summed E-state index contributed by atoms with van der Waals surface area (Å²) in [5.41, 5.74) is 1.87. The Hall–Kier alpha value is -2.53. The van der Waals surface area contributed by atoms with Crippen LogP contribution in [0, 0.1) is 0 Å². The molecule has 0 amide bonds. The maximum Gasteiger partial charge on any atom is 0.163 e. The molecule has 0 radical (unpaired) electrons. The first-order chi connectivity index (χ1) is 10.8. The van der Waals surface area contributed by atoms with E-state index in [4.69, 9.17) is 0 Å². The van der Waals surface area contributed by atoms with Crippen molar-refractivity contribution in [2.45, 2.75) is 12.5 Å². The van der Waals surface area contributed by atoms with Crippen molar-refractivity contribution in [1.29, 1.82) is 0 Å². The van der Waals surface area contributed by atoms with Gasteiger partial charge in [-0.2, -0.15) is 0 Å². The maximum atomic E-state index is 9.67. The van der Waals surface area contributed by atoms with Gasteiger partial charge in [0.2, 0.25) is 0 Å². The average molecular weight is 292 g/mol. The number of benzene rings is 1. The van der Waals surface area contributed by atoms with Crippen molar-refractivity contribution in [3.8, 4) is 11.4 Å². The number of pyridine rings is 1. The molecule has 4 rings (SSSR count). The molecule has 1 aliphatic rings. The lowest BCUT2D eigenvalue weighted by Crippen LogP contribution is -2.22. The zero-order valence-corrected chi connectivity index (χ0v) is 12.1. The van der Waals surface area contributed by atoms with Crippen LogP contribution in [0.2, 0.25) is 0 Å². The van der Waals surface area contributed by atoms with Crippen LogP contribution < -0.4 is 4.90 Å². The number of anilines is 1. The predicted octanol–water partition coefficient (Wildman–Crippen LogP) is 2.26. The first kappa shape index (κ1) is 13.2. The van der Waals surface area contributed by atoms with Crippen molar-refractivity contribution in [3.63, 3.8) is 0 Å². The monoisotopic (exact) mass is 292 g/mol. The molecule has 22 heavy (non-hydrogen) atoms. The lowest BCUT2D eigenvalue weighted by Gasteiger charge is -2.16. The second-order valence-electron chi connectivity index (χ2n) is 5.54. The predicted molar refractivity (Wildman–Crippen MR) is 85.6 cm³/mol. The Morgan fingerprint density at radius 2 is 2.05 bits per heavy atom. The second kappa shape index (κ2) is 5.35. The van der Waals surface area contributed by atoms with E-state index in [0.29, 0.717) is 12.4 Å². The molecule has 3 heterocycles. The highest BCUT2D eigenvalue weighted by atomic mass is 16.3. The molecule has 3 aromatic rings. The van der Waals surface area contributed by atoms with Crippen LogP contribution in [0.25, 0.3) is 22.3 Å². The molecule has 2 aromatic heterocycles. The standard InChI is InChI=1S/C17H16N4O/c22-14-6-8-21(11-14)16-5-7-18-17(20-16)13-9-12-3-1-2-4-15(12)19-10-13/h1-5,7,9-10,14,22H,6,8,11H2/t14-/m1/s1. The topological polar surface area (TPSA) is 62.1 Å². The molecule has 1 fully saturated rings. The summed E-state index contributed by atoms with van der Waals surface area (Å²) in [5, 5.41) is 10.7. The number of para-hydroxylation sites is 1. The Kier molecular flexibility index (Phi) is 3.20. The molecule has 0 unspecified atom stereocenters. The molecule has 0 saturated carbocycles. The van der Waals surface area contributed by atoms with Crippen molar-refractivity contribution in [2.75, 3.05) is 18.0 Å². The Balaban J connectivity index is 1.71. The summed E-state index contributed by atoms with van der Waals surface area (Å²) < 4.78 is 0. The van der Waals surface area contributed by atoms with Gasteiger partial charge in [0.1, 0.15) is 5.82 Å². The van der Waals surface area contributed by atoms with E-state index in [1.807, 2.05) is 30.3 Å². The Morgan fingerprint density at radius 3 is 2.91 bits per heavy atom. The van der Waals surface area contributed by atoms with E-state index in [9.17, 15) is 5.11 Å². The number of aromatic nitrogens is 3. The molecular formula is C17H16N4O. The summed E-state index contributed by atoms with van der Waals surface area (Å²) in [6.45, 7) is 1.46. The molecule has 110 valence electrons. The van der Waals surface area contributed by atoms with Gasteiger partial charge >= 0.3 is 0 Å². The third-order valence-corrected chi connectivity index (χ3v) is 3.98. The minimum Gasteiger partial charge on any atom is -0.391 e. The number of nitrogens with zero attached hydrogens (tertiary/aromatic N) is 4. The van der Waals surface area contributed by atoms with Gasteiger partial charge in [-0.3, -0.25) is 4.98 Å². The van der Waals surface area contributed by atoms with Gasteiger partial charge in [0.25, 0.3) is 0 Å². The zero-order chi connectivity index (χ0) is 14.9. The van der Waals surface area contributed by atoms with E-state index in [1.54, 1.807) is 12.4 Å². The number of β-amino-alcohol motifs (C(OH)–C–C–N with tert-alkyl or cyclic N) is 1. The fourth-order valence-corrected chi connectivity index (χ4v) is 2.81. The number of aliphatic hydroxyl groups excluding tert-OH is 1. The van der Waals surface area contributed by atoms with Gasteiger partial charge in [-0.15, -0.1) is 0 Å². The third-order valence-electron chi connectivity index (χ3n) is 3.98. The Morgan fingerprint density at radius 1 is 1.14 bits per heavy atom. The third kappa shape index (κ3) is 2.40. The summed E-state index contributed by atoms with van der Waals surface area (Å²) in [5.74, 6) is 1.52. The molecule has 5 heteroatoms. The van der Waals surface area contributed by atoms with Crippen LogP contribution in [-0.2, 0) is 0 Å². The zero-order valence-electron chi connectivity index (χ0n) is 12.1. The van der Waals surface area contributed by atoms with Crippen molar-refractivity contribution < 1.29 is 5.11 Å². The van der Waals surface area contributed by atoms with Gasteiger partial charge in [0, 0.05) is 36.4 Å². The molecule has 1 aliphatic heterocycles. The molecule has 0 bridgehead atoms. The fraction of sp³-hybridized carbons (Fsp3) is 0.235. The average Bonchev–Trinajstić information content (AvgIpc) is 3.01. The normalized spacial score (nSPS) is 18.0. The number of hydrogen-bond donors (Lipinski definition) is 1. The van der Waals surface area contributed by atoms with Gasteiger partial charge in [-0.1, -0.05) is 18.2 Å². The van der Waals surface area contributed by atoms with Crippen LogP contribution >= 0.6 is 0 Å². The number of rotatable bonds is 2. The van der Waals surface area contributed by atoms with Crippen LogP contribution in [-0.4, -0.2) is 39.3 Å². The SMILES string of the molecule is O[C@@H]1CCN(c2ccnc(-c3cnc4ccccc4c3)n2)C1. The highest BCUT2D eigenvalue weighted by Gasteiger charge is 2.21. The smallest absolute Gasteiger partial charge is 0.163 e. The Bertz CT molecular complexity index is 820. The fourth-order valence-electron chi connectivity index (χ4n) is 2.81.